The van der Waals surface area contributed by atoms with Crippen molar-refractivity contribution in [2.24, 2.45) is 17.3 Å². The summed E-state index contributed by atoms with van der Waals surface area (Å²) in [6.45, 7) is 9.12. The summed E-state index contributed by atoms with van der Waals surface area (Å²) in [5, 5.41) is 12.7. The van der Waals surface area contributed by atoms with E-state index in [0.717, 1.165) is 38.5 Å². The zero-order chi connectivity index (χ0) is 19.6. The molecule has 3 aliphatic carbocycles. The molecule has 4 aliphatic rings. The highest BCUT2D eigenvalue weighted by atomic mass is 32.1. The van der Waals surface area contributed by atoms with Gasteiger partial charge in [0.2, 0.25) is 0 Å². The van der Waals surface area contributed by atoms with Crippen molar-refractivity contribution in [3.05, 3.63) is 34.0 Å². The summed E-state index contributed by atoms with van der Waals surface area (Å²) in [5.41, 5.74) is 1.89. The average Bonchev–Trinajstić information content (AvgIpc) is 3.36. The van der Waals surface area contributed by atoms with E-state index in [2.05, 4.69) is 42.3 Å². The summed E-state index contributed by atoms with van der Waals surface area (Å²) >= 11 is 1.77. The fourth-order valence-electron chi connectivity index (χ4n) is 5.21. The minimum atomic E-state index is -0.465. The molecule has 1 aliphatic heterocycles. The Hall–Kier alpha value is -0.720. The lowest BCUT2D eigenvalue weighted by Gasteiger charge is -2.56. The van der Waals surface area contributed by atoms with Crippen LogP contribution < -0.4 is 0 Å². The van der Waals surface area contributed by atoms with E-state index in [4.69, 9.17) is 9.47 Å². The van der Waals surface area contributed by atoms with E-state index in [1.54, 1.807) is 11.3 Å². The molecule has 4 unspecified atom stereocenters. The number of rotatable bonds is 10. The highest BCUT2D eigenvalue weighted by molar-refractivity contribution is 7.09. The van der Waals surface area contributed by atoms with Crippen LogP contribution in [0.3, 0.4) is 0 Å². The van der Waals surface area contributed by atoms with E-state index in [0.29, 0.717) is 37.2 Å². The summed E-state index contributed by atoms with van der Waals surface area (Å²) in [4.78, 5) is 3.66. The molecule has 5 heteroatoms. The summed E-state index contributed by atoms with van der Waals surface area (Å²) < 4.78 is 11.8. The van der Waals surface area contributed by atoms with E-state index in [-0.39, 0.29) is 0 Å². The van der Waals surface area contributed by atoms with Crippen LogP contribution in [-0.2, 0) is 16.0 Å². The van der Waals surface area contributed by atoms with E-state index in [1.807, 2.05) is 0 Å². The van der Waals surface area contributed by atoms with Gasteiger partial charge in [-0.1, -0.05) is 26.0 Å². The van der Waals surface area contributed by atoms with E-state index in [9.17, 15) is 5.11 Å². The maximum atomic E-state index is 10.6. The summed E-state index contributed by atoms with van der Waals surface area (Å²) in [6.07, 6.45) is 7.01. The van der Waals surface area contributed by atoms with Gasteiger partial charge in [0.1, 0.15) is 0 Å². The Kier molecular flexibility index (Phi) is 6.58. The Balaban J connectivity index is 1.24. The zero-order valence-electron chi connectivity index (χ0n) is 17.3. The average molecular weight is 406 g/mol. The smallest absolute Gasteiger partial charge is 0.0900 e. The SMILES string of the molecule is CC1(C)C2CC=C(COCC(O)CN(Cc3cccs3)CC3CCCO3)C1C2. The lowest BCUT2D eigenvalue weighted by atomic mass is 9.49. The molecule has 2 bridgehead atoms. The van der Waals surface area contributed by atoms with Gasteiger partial charge in [-0.3, -0.25) is 4.90 Å². The van der Waals surface area contributed by atoms with Gasteiger partial charge in [0.15, 0.2) is 0 Å². The molecule has 4 nitrogen and oxygen atoms in total. The maximum absolute atomic E-state index is 10.6. The van der Waals surface area contributed by atoms with Crippen molar-refractivity contribution < 1.29 is 14.6 Å². The predicted octanol–water partition coefficient (Wildman–Crippen LogP) is 4.10. The third-order valence-electron chi connectivity index (χ3n) is 7.08. The van der Waals surface area contributed by atoms with Gasteiger partial charge in [-0.05, 0) is 60.0 Å². The third-order valence-corrected chi connectivity index (χ3v) is 7.94. The van der Waals surface area contributed by atoms with Gasteiger partial charge in [0, 0.05) is 31.1 Å². The molecular weight excluding hydrogens is 370 g/mol. The Bertz CT molecular complexity index is 651. The monoisotopic (exact) mass is 405 g/mol. The van der Waals surface area contributed by atoms with Crippen LogP contribution in [0.15, 0.2) is 29.2 Å². The second kappa shape index (κ2) is 8.97. The second-order valence-corrected chi connectivity index (χ2v) is 10.4. The summed E-state index contributed by atoms with van der Waals surface area (Å²) in [7, 11) is 0. The molecule has 1 saturated carbocycles. The fraction of sp³-hybridized carbons (Fsp3) is 0.739. The molecule has 2 fully saturated rings. The first-order valence-electron chi connectivity index (χ1n) is 10.8. The van der Waals surface area contributed by atoms with Crippen molar-refractivity contribution in [1.82, 2.24) is 4.90 Å². The lowest BCUT2D eigenvalue weighted by molar-refractivity contribution is -0.0280. The molecule has 1 N–H and O–H groups in total. The number of hydrogen-bond donors (Lipinski definition) is 1. The van der Waals surface area contributed by atoms with Gasteiger partial charge in [0.25, 0.3) is 0 Å². The molecular formula is C23H35NO3S. The van der Waals surface area contributed by atoms with Crippen LogP contribution in [-0.4, -0.2) is 55.1 Å². The van der Waals surface area contributed by atoms with Crippen LogP contribution in [0.5, 0.6) is 0 Å². The molecule has 2 heterocycles. The van der Waals surface area contributed by atoms with Crippen molar-refractivity contribution in [2.45, 2.75) is 58.3 Å². The van der Waals surface area contributed by atoms with Crippen LogP contribution in [0, 0.1) is 17.3 Å². The number of ether oxygens (including phenoxy) is 2. The molecule has 156 valence electrons. The van der Waals surface area contributed by atoms with Gasteiger partial charge in [-0.15, -0.1) is 11.3 Å². The maximum Gasteiger partial charge on any atom is 0.0900 e. The molecule has 0 spiro atoms. The van der Waals surface area contributed by atoms with Crippen LogP contribution in [0.2, 0.25) is 0 Å². The van der Waals surface area contributed by atoms with Crippen molar-refractivity contribution >= 4 is 11.3 Å². The molecule has 4 atom stereocenters. The number of thiophene rings is 1. The summed E-state index contributed by atoms with van der Waals surface area (Å²) in [5.74, 6) is 1.54. The van der Waals surface area contributed by atoms with Gasteiger partial charge < -0.3 is 14.6 Å². The van der Waals surface area contributed by atoms with Crippen molar-refractivity contribution in [3.63, 3.8) is 0 Å². The summed E-state index contributed by atoms with van der Waals surface area (Å²) in [6, 6.07) is 4.26. The predicted molar refractivity (Wildman–Crippen MR) is 113 cm³/mol. The van der Waals surface area contributed by atoms with Crippen LogP contribution >= 0.6 is 11.3 Å². The first-order chi connectivity index (χ1) is 13.5. The standard InChI is InChI=1S/C23H35NO3S/c1-23(2)18-8-7-17(22(23)11-18)15-26-16-19(25)12-24(13-20-5-3-9-27-20)14-21-6-4-10-28-21/h4,6-7,10,18-20,22,25H,3,5,8-9,11-16H2,1-2H3. The Morgan fingerprint density at radius 3 is 3.00 bits per heavy atom. The van der Waals surface area contributed by atoms with E-state index >= 15 is 0 Å². The Morgan fingerprint density at radius 1 is 1.43 bits per heavy atom. The molecule has 1 aromatic heterocycles. The van der Waals surface area contributed by atoms with E-state index in [1.165, 1.54) is 23.3 Å². The minimum absolute atomic E-state index is 0.300. The Morgan fingerprint density at radius 2 is 2.32 bits per heavy atom. The molecule has 1 aromatic rings. The zero-order valence-corrected chi connectivity index (χ0v) is 18.1. The first kappa shape index (κ1) is 20.5. The van der Waals surface area contributed by atoms with Crippen molar-refractivity contribution in [3.8, 4) is 0 Å². The van der Waals surface area contributed by atoms with Gasteiger partial charge in [0.05, 0.1) is 25.4 Å². The quantitative estimate of drug-likeness (QED) is 0.595. The first-order valence-corrected chi connectivity index (χ1v) is 11.7. The highest BCUT2D eigenvalue weighted by Crippen LogP contribution is 2.59. The number of allylic oxidation sites excluding steroid dienone is 1. The number of hydrogen-bond acceptors (Lipinski definition) is 5. The van der Waals surface area contributed by atoms with Crippen molar-refractivity contribution in [1.29, 1.82) is 0 Å². The largest absolute Gasteiger partial charge is 0.389 e. The van der Waals surface area contributed by atoms with Crippen LogP contribution in [0.4, 0.5) is 0 Å². The lowest BCUT2D eigenvalue weighted by Crippen LogP contribution is -2.48. The van der Waals surface area contributed by atoms with Gasteiger partial charge in [-0.2, -0.15) is 0 Å². The number of aliphatic hydroxyl groups excluding tert-OH is 1. The van der Waals surface area contributed by atoms with Gasteiger partial charge in [-0.25, -0.2) is 0 Å². The number of fused-ring (bicyclic) bond motifs is 1. The molecule has 0 amide bonds. The highest BCUT2D eigenvalue weighted by Gasteiger charge is 2.50. The molecule has 0 radical (unpaired) electrons. The van der Waals surface area contributed by atoms with Gasteiger partial charge >= 0.3 is 0 Å². The molecule has 5 rings (SSSR count). The normalized spacial score (nSPS) is 29.6. The molecule has 0 aromatic carbocycles. The minimum Gasteiger partial charge on any atom is -0.389 e. The third kappa shape index (κ3) is 4.71. The topological polar surface area (TPSA) is 41.9 Å². The van der Waals surface area contributed by atoms with E-state index < -0.39 is 6.10 Å². The molecule has 1 saturated heterocycles. The van der Waals surface area contributed by atoms with Crippen LogP contribution in [0.1, 0.15) is 44.4 Å². The second-order valence-electron chi connectivity index (χ2n) is 9.40. The van der Waals surface area contributed by atoms with Crippen molar-refractivity contribution in [2.75, 3.05) is 32.9 Å². The fourth-order valence-corrected chi connectivity index (χ4v) is 5.95. The number of aliphatic hydroxyl groups is 1. The molecule has 28 heavy (non-hydrogen) atoms. The van der Waals surface area contributed by atoms with Crippen LogP contribution in [0.25, 0.3) is 0 Å². The Labute approximate surface area is 173 Å². The number of nitrogens with zero attached hydrogens (tertiary/aromatic N) is 1.